The maximum absolute atomic E-state index is 13.3. The molecule has 0 aliphatic rings. The first-order valence-corrected chi connectivity index (χ1v) is 9.72. The molecule has 3 aromatic carbocycles. The fourth-order valence-electron chi connectivity index (χ4n) is 2.95. The molecule has 0 aliphatic heterocycles. The number of hydrogen-bond donors (Lipinski definition) is 1. The minimum absolute atomic E-state index is 0.146. The smallest absolute Gasteiger partial charge is 0.364 e. The number of ether oxygens (including phenoxy) is 1. The maximum atomic E-state index is 13.3. The van der Waals surface area contributed by atoms with E-state index in [4.69, 9.17) is 9.15 Å². The van der Waals surface area contributed by atoms with Gasteiger partial charge in [-0.05, 0) is 55.5 Å². The molecule has 0 unspecified atom stereocenters. The van der Waals surface area contributed by atoms with Crippen molar-refractivity contribution >= 4 is 28.3 Å². The lowest BCUT2D eigenvalue weighted by Crippen LogP contribution is -2.26. The van der Waals surface area contributed by atoms with E-state index in [-0.39, 0.29) is 11.4 Å². The van der Waals surface area contributed by atoms with Crippen molar-refractivity contribution in [2.45, 2.75) is 6.92 Å². The van der Waals surface area contributed by atoms with E-state index >= 15 is 0 Å². The standard InChI is InChI=1S/C24H19N3O4/c1-2-30-18-14-12-16(13-15-18)23(28)21(27-26-17-8-4-3-5-9-17)22-24(29)31-20-11-7-6-10-19(20)25-22/h3-15,26H,2H2,1H3. The van der Waals surface area contributed by atoms with E-state index in [1.165, 1.54) is 0 Å². The van der Waals surface area contributed by atoms with E-state index in [2.05, 4.69) is 15.5 Å². The van der Waals surface area contributed by atoms with Crippen molar-refractivity contribution in [3.8, 4) is 5.75 Å². The lowest BCUT2D eigenvalue weighted by Gasteiger charge is -2.08. The number of hydrogen-bond acceptors (Lipinski definition) is 7. The highest BCUT2D eigenvalue weighted by atomic mass is 16.5. The van der Waals surface area contributed by atoms with Crippen molar-refractivity contribution in [1.82, 2.24) is 4.98 Å². The van der Waals surface area contributed by atoms with Gasteiger partial charge in [0.2, 0.25) is 5.78 Å². The fraction of sp³-hybridized carbons (Fsp3) is 0.0833. The van der Waals surface area contributed by atoms with Crippen LogP contribution in [0.4, 0.5) is 5.69 Å². The van der Waals surface area contributed by atoms with Crippen molar-refractivity contribution < 1.29 is 13.9 Å². The number of para-hydroxylation sites is 3. The van der Waals surface area contributed by atoms with Gasteiger partial charge in [-0.1, -0.05) is 30.3 Å². The average Bonchev–Trinajstić information content (AvgIpc) is 2.80. The molecule has 0 amide bonds. The van der Waals surface area contributed by atoms with Crippen molar-refractivity contribution in [2.24, 2.45) is 5.10 Å². The van der Waals surface area contributed by atoms with E-state index in [9.17, 15) is 9.59 Å². The molecule has 0 atom stereocenters. The molecule has 31 heavy (non-hydrogen) atoms. The Bertz CT molecular complexity index is 1300. The molecule has 0 radical (unpaired) electrons. The van der Waals surface area contributed by atoms with E-state index in [0.717, 1.165) is 0 Å². The van der Waals surface area contributed by atoms with Gasteiger partial charge in [0, 0.05) is 5.56 Å². The van der Waals surface area contributed by atoms with E-state index in [1.807, 2.05) is 25.1 Å². The number of carbonyl (C=O) groups excluding carboxylic acids is 1. The quantitative estimate of drug-likeness (QED) is 0.276. The number of ketones is 1. The molecule has 1 aromatic heterocycles. The third kappa shape index (κ3) is 4.51. The lowest BCUT2D eigenvalue weighted by atomic mass is 10.0. The van der Waals surface area contributed by atoms with Crippen LogP contribution in [0.25, 0.3) is 11.1 Å². The normalized spacial score (nSPS) is 11.3. The van der Waals surface area contributed by atoms with E-state index in [1.54, 1.807) is 60.7 Å². The summed E-state index contributed by atoms with van der Waals surface area (Å²) in [5.74, 6) is 0.171. The first kappa shape index (κ1) is 20.0. The minimum atomic E-state index is -0.744. The van der Waals surface area contributed by atoms with Gasteiger partial charge < -0.3 is 9.15 Å². The zero-order valence-corrected chi connectivity index (χ0v) is 16.7. The van der Waals surface area contributed by atoms with Gasteiger partial charge in [-0.2, -0.15) is 5.10 Å². The highest BCUT2D eigenvalue weighted by molar-refractivity contribution is 6.51. The molecular formula is C24H19N3O4. The van der Waals surface area contributed by atoms with Crippen molar-refractivity contribution in [3.05, 3.63) is 101 Å². The average molecular weight is 413 g/mol. The second-order valence-electron chi connectivity index (χ2n) is 6.54. The summed E-state index contributed by atoms with van der Waals surface area (Å²) in [6, 6.07) is 22.6. The Kier molecular flexibility index (Phi) is 5.84. The van der Waals surface area contributed by atoms with Gasteiger partial charge in [0.1, 0.15) is 11.3 Å². The van der Waals surface area contributed by atoms with Crippen molar-refractivity contribution in [1.29, 1.82) is 0 Å². The molecule has 7 nitrogen and oxygen atoms in total. The summed E-state index contributed by atoms with van der Waals surface area (Å²) in [6.07, 6.45) is 0. The summed E-state index contributed by atoms with van der Waals surface area (Å²) < 4.78 is 10.8. The summed E-state index contributed by atoms with van der Waals surface area (Å²) in [5, 5.41) is 4.23. The first-order valence-electron chi connectivity index (χ1n) is 9.72. The molecule has 4 aromatic rings. The zero-order chi connectivity index (χ0) is 21.6. The molecular weight excluding hydrogens is 394 g/mol. The molecule has 0 spiro atoms. The van der Waals surface area contributed by atoms with Gasteiger partial charge in [-0.25, -0.2) is 9.78 Å². The fourth-order valence-corrected chi connectivity index (χ4v) is 2.95. The van der Waals surface area contributed by atoms with Crippen LogP contribution in [0.15, 0.2) is 93.2 Å². The number of anilines is 1. The Hall–Kier alpha value is -4.26. The van der Waals surface area contributed by atoms with Gasteiger partial charge in [0.25, 0.3) is 0 Å². The number of aromatic nitrogens is 1. The predicted molar refractivity (Wildman–Crippen MR) is 119 cm³/mol. The number of hydrazone groups is 1. The zero-order valence-electron chi connectivity index (χ0n) is 16.7. The van der Waals surface area contributed by atoms with Gasteiger partial charge in [0.15, 0.2) is 17.0 Å². The van der Waals surface area contributed by atoms with E-state index in [0.29, 0.717) is 34.7 Å². The Morgan fingerprint density at radius 2 is 1.71 bits per heavy atom. The third-order valence-corrected chi connectivity index (χ3v) is 4.43. The highest BCUT2D eigenvalue weighted by Gasteiger charge is 2.23. The molecule has 0 saturated heterocycles. The van der Waals surface area contributed by atoms with Crippen LogP contribution in [-0.2, 0) is 0 Å². The molecule has 1 N–H and O–H groups in total. The van der Waals surface area contributed by atoms with Crippen LogP contribution >= 0.6 is 0 Å². The molecule has 0 fully saturated rings. The topological polar surface area (TPSA) is 93.8 Å². The highest BCUT2D eigenvalue weighted by Crippen LogP contribution is 2.16. The summed E-state index contributed by atoms with van der Waals surface area (Å²) >= 11 is 0. The molecule has 0 aliphatic carbocycles. The van der Waals surface area contributed by atoms with Crippen molar-refractivity contribution in [2.75, 3.05) is 12.0 Å². The number of nitrogens with one attached hydrogen (secondary N) is 1. The summed E-state index contributed by atoms with van der Waals surface area (Å²) in [5.41, 5.74) is 3.55. The molecule has 1 heterocycles. The number of Topliss-reactive ketones (excluding diaryl/α,β-unsaturated/α-hetero) is 1. The second kappa shape index (κ2) is 9.04. The number of benzene rings is 3. The SMILES string of the molecule is CCOc1ccc(C(=O)C(=NNc2ccccc2)c2nc3ccccc3oc2=O)cc1. The van der Waals surface area contributed by atoms with E-state index < -0.39 is 11.4 Å². The number of nitrogens with zero attached hydrogens (tertiary/aromatic N) is 2. The molecule has 7 heteroatoms. The predicted octanol–water partition coefficient (Wildman–Crippen LogP) is 4.29. The Morgan fingerprint density at radius 1 is 1.00 bits per heavy atom. The third-order valence-electron chi connectivity index (χ3n) is 4.43. The number of rotatable bonds is 7. The van der Waals surface area contributed by atoms with Crippen LogP contribution < -0.4 is 15.8 Å². The number of carbonyl (C=O) groups is 1. The minimum Gasteiger partial charge on any atom is -0.494 e. The van der Waals surface area contributed by atoms with Crippen LogP contribution in [-0.4, -0.2) is 23.1 Å². The largest absolute Gasteiger partial charge is 0.494 e. The van der Waals surface area contributed by atoms with Gasteiger partial charge in [0.05, 0.1) is 12.3 Å². The Labute approximate surface area is 178 Å². The van der Waals surface area contributed by atoms with Crippen LogP contribution in [0.3, 0.4) is 0 Å². The Morgan fingerprint density at radius 3 is 2.45 bits per heavy atom. The molecule has 154 valence electrons. The monoisotopic (exact) mass is 413 g/mol. The summed E-state index contributed by atoms with van der Waals surface area (Å²) in [7, 11) is 0. The molecule has 0 bridgehead atoms. The molecule has 0 saturated carbocycles. The van der Waals surface area contributed by atoms with Crippen LogP contribution in [0.2, 0.25) is 0 Å². The summed E-state index contributed by atoms with van der Waals surface area (Å²) in [6.45, 7) is 2.40. The van der Waals surface area contributed by atoms with Crippen LogP contribution in [0.1, 0.15) is 23.0 Å². The Balaban J connectivity index is 1.78. The molecule has 4 rings (SSSR count). The summed E-state index contributed by atoms with van der Waals surface area (Å²) in [4.78, 5) is 30.3. The van der Waals surface area contributed by atoms with Crippen molar-refractivity contribution in [3.63, 3.8) is 0 Å². The van der Waals surface area contributed by atoms with Gasteiger partial charge in [-0.15, -0.1) is 0 Å². The first-order chi connectivity index (χ1) is 15.2. The maximum Gasteiger partial charge on any atom is 0.364 e. The number of fused-ring (bicyclic) bond motifs is 1. The lowest BCUT2D eigenvalue weighted by molar-refractivity contribution is 0.106. The van der Waals surface area contributed by atoms with Gasteiger partial charge >= 0.3 is 5.63 Å². The van der Waals surface area contributed by atoms with Crippen LogP contribution in [0.5, 0.6) is 5.75 Å². The second-order valence-corrected chi connectivity index (χ2v) is 6.54. The van der Waals surface area contributed by atoms with Crippen LogP contribution in [0, 0.1) is 0 Å². The van der Waals surface area contributed by atoms with Gasteiger partial charge in [-0.3, -0.25) is 10.2 Å².